The van der Waals surface area contributed by atoms with Crippen LogP contribution in [-0.2, 0) is 14.3 Å². The summed E-state index contributed by atoms with van der Waals surface area (Å²) in [4.78, 5) is 30.2. The molecule has 6 heteroatoms. The summed E-state index contributed by atoms with van der Waals surface area (Å²) in [5.41, 5.74) is 4.46. The van der Waals surface area contributed by atoms with Crippen LogP contribution in [0.1, 0.15) is 37.4 Å². The molecule has 0 spiro atoms. The van der Waals surface area contributed by atoms with Crippen molar-refractivity contribution >= 4 is 23.5 Å². The lowest BCUT2D eigenvalue weighted by atomic mass is 9.96. The molecule has 0 aliphatic carbocycles. The van der Waals surface area contributed by atoms with E-state index in [0.717, 1.165) is 29.8 Å². The van der Waals surface area contributed by atoms with Crippen molar-refractivity contribution < 1.29 is 14.3 Å². The number of benzene rings is 2. The molecular formula is C26H25N3O3. The second-order valence-corrected chi connectivity index (χ2v) is 7.57. The fraction of sp³-hybridized carbons (Fsp3) is 0.231. The van der Waals surface area contributed by atoms with E-state index in [1.807, 2.05) is 72.3 Å². The minimum Gasteiger partial charge on any atom is -0.466 e. The maximum atomic E-state index is 13.2. The van der Waals surface area contributed by atoms with Crippen LogP contribution in [0.25, 0.3) is 23.0 Å². The van der Waals surface area contributed by atoms with Gasteiger partial charge in [-0.05, 0) is 24.6 Å². The van der Waals surface area contributed by atoms with Gasteiger partial charge in [0.05, 0.1) is 41.9 Å². The Morgan fingerprint density at radius 3 is 2.38 bits per heavy atom. The third kappa shape index (κ3) is 4.17. The summed E-state index contributed by atoms with van der Waals surface area (Å²) in [7, 11) is 1.34. The molecule has 4 rings (SSSR count). The van der Waals surface area contributed by atoms with Crippen LogP contribution in [0.5, 0.6) is 0 Å². The second kappa shape index (κ2) is 9.56. The molecule has 2 aromatic carbocycles. The molecule has 0 atom stereocenters. The Bertz CT molecular complexity index is 1190. The number of hydrogen-bond donors (Lipinski definition) is 0. The normalized spacial score (nSPS) is 12.9. The van der Waals surface area contributed by atoms with Crippen molar-refractivity contribution in [1.29, 1.82) is 0 Å². The fourth-order valence-electron chi connectivity index (χ4n) is 3.78. The number of carbonyl (C=O) groups is 2. The summed E-state index contributed by atoms with van der Waals surface area (Å²) in [6, 6.07) is 19.6. The van der Waals surface area contributed by atoms with Crippen molar-refractivity contribution in [3.63, 3.8) is 0 Å². The van der Waals surface area contributed by atoms with Crippen molar-refractivity contribution in [2.24, 2.45) is 4.99 Å². The third-order valence-corrected chi connectivity index (χ3v) is 5.38. The van der Waals surface area contributed by atoms with Crippen LogP contribution in [0.4, 0.5) is 0 Å². The van der Waals surface area contributed by atoms with Gasteiger partial charge in [-0.3, -0.25) is 9.79 Å². The van der Waals surface area contributed by atoms with Crippen molar-refractivity contribution in [2.45, 2.75) is 26.2 Å². The maximum Gasteiger partial charge on any atom is 0.335 e. The van der Waals surface area contributed by atoms with Gasteiger partial charge in [-0.25, -0.2) is 9.48 Å². The molecular weight excluding hydrogens is 402 g/mol. The number of carbonyl (C=O) groups excluding carboxylic acids is 2. The van der Waals surface area contributed by atoms with Crippen LogP contribution in [0.3, 0.4) is 0 Å². The predicted molar refractivity (Wildman–Crippen MR) is 125 cm³/mol. The number of nitrogens with zero attached hydrogens (tertiary/aromatic N) is 3. The Kier molecular flexibility index (Phi) is 6.40. The number of Topliss-reactive ketones (excluding diaryl/α,β-unsaturated/α-hetero) is 1. The first kappa shape index (κ1) is 21.4. The van der Waals surface area contributed by atoms with Crippen LogP contribution < -0.4 is 0 Å². The van der Waals surface area contributed by atoms with E-state index in [1.165, 1.54) is 7.11 Å². The summed E-state index contributed by atoms with van der Waals surface area (Å²) in [5.74, 6) is -0.519. The molecule has 0 unspecified atom stereocenters. The first-order chi connectivity index (χ1) is 15.6. The number of para-hydroxylation sites is 1. The number of aromatic nitrogens is 2. The van der Waals surface area contributed by atoms with E-state index in [9.17, 15) is 9.59 Å². The highest BCUT2D eigenvalue weighted by molar-refractivity contribution is 6.48. The minimum absolute atomic E-state index is 0.0441. The summed E-state index contributed by atoms with van der Waals surface area (Å²) in [6.45, 7) is 2.13. The fourth-order valence-corrected chi connectivity index (χ4v) is 3.78. The van der Waals surface area contributed by atoms with Gasteiger partial charge in [0.15, 0.2) is 5.78 Å². The monoisotopic (exact) mass is 427 g/mol. The van der Waals surface area contributed by atoms with Crippen LogP contribution >= 0.6 is 0 Å². The van der Waals surface area contributed by atoms with Gasteiger partial charge in [0.2, 0.25) is 0 Å². The molecule has 3 aromatic rings. The van der Waals surface area contributed by atoms with Gasteiger partial charge in [0.1, 0.15) is 5.71 Å². The average molecular weight is 428 g/mol. The molecule has 0 saturated carbocycles. The number of fused-ring (bicyclic) bond motifs is 1. The van der Waals surface area contributed by atoms with E-state index >= 15 is 0 Å². The van der Waals surface area contributed by atoms with Gasteiger partial charge in [-0.1, -0.05) is 61.9 Å². The van der Waals surface area contributed by atoms with Gasteiger partial charge in [0, 0.05) is 12.0 Å². The Morgan fingerprint density at radius 1 is 1.03 bits per heavy atom. The Morgan fingerprint density at radius 2 is 1.72 bits per heavy atom. The van der Waals surface area contributed by atoms with Crippen molar-refractivity contribution in [1.82, 2.24) is 9.78 Å². The molecule has 0 fully saturated rings. The highest BCUT2D eigenvalue weighted by atomic mass is 16.5. The SMILES string of the molecule is CCCCC(=O)C1=NCC(C(=O)OC)=Cc2nn(-c3ccccc3)c(-c3ccccc3)c21. The number of hydrogen-bond acceptors (Lipinski definition) is 5. The van der Waals surface area contributed by atoms with E-state index in [1.54, 1.807) is 6.08 Å². The molecule has 162 valence electrons. The van der Waals surface area contributed by atoms with Crippen LogP contribution in [0, 0.1) is 0 Å². The molecule has 6 nitrogen and oxygen atoms in total. The van der Waals surface area contributed by atoms with E-state index in [0.29, 0.717) is 29.0 Å². The Labute approximate surface area is 187 Å². The quantitative estimate of drug-likeness (QED) is 0.514. The summed E-state index contributed by atoms with van der Waals surface area (Å²) >= 11 is 0. The molecule has 0 N–H and O–H groups in total. The predicted octanol–water partition coefficient (Wildman–Crippen LogP) is 4.66. The number of rotatable bonds is 7. The zero-order chi connectivity index (χ0) is 22.5. The molecule has 0 saturated heterocycles. The largest absolute Gasteiger partial charge is 0.466 e. The first-order valence-electron chi connectivity index (χ1n) is 10.7. The molecule has 0 bridgehead atoms. The zero-order valence-electron chi connectivity index (χ0n) is 18.2. The minimum atomic E-state index is -0.475. The maximum absolute atomic E-state index is 13.2. The van der Waals surface area contributed by atoms with Gasteiger partial charge in [-0.2, -0.15) is 5.10 Å². The summed E-state index contributed by atoms with van der Waals surface area (Å²) in [5, 5.41) is 4.84. The zero-order valence-corrected chi connectivity index (χ0v) is 18.2. The lowest BCUT2D eigenvalue weighted by Gasteiger charge is -2.11. The Balaban J connectivity index is 2.01. The van der Waals surface area contributed by atoms with Crippen LogP contribution in [0.2, 0.25) is 0 Å². The van der Waals surface area contributed by atoms with Gasteiger partial charge in [0.25, 0.3) is 0 Å². The molecule has 32 heavy (non-hydrogen) atoms. The third-order valence-electron chi connectivity index (χ3n) is 5.38. The van der Waals surface area contributed by atoms with E-state index in [2.05, 4.69) is 4.99 Å². The number of esters is 1. The van der Waals surface area contributed by atoms with E-state index in [4.69, 9.17) is 9.84 Å². The van der Waals surface area contributed by atoms with Gasteiger partial charge in [-0.15, -0.1) is 0 Å². The van der Waals surface area contributed by atoms with Gasteiger partial charge < -0.3 is 4.74 Å². The number of methoxy groups -OCH3 is 1. The lowest BCUT2D eigenvalue weighted by Crippen LogP contribution is -2.18. The summed E-state index contributed by atoms with van der Waals surface area (Å²) < 4.78 is 6.75. The smallest absolute Gasteiger partial charge is 0.335 e. The van der Waals surface area contributed by atoms with Crippen molar-refractivity contribution in [3.8, 4) is 16.9 Å². The molecule has 1 aliphatic heterocycles. The standard InChI is InChI=1S/C26H25N3O3/c1-3-4-15-22(30)24-23-21(16-19(17-27-24)26(31)32-2)28-29(20-13-9-6-10-14-20)25(23)18-11-7-5-8-12-18/h5-14,16H,3-4,15,17H2,1-2H3. The van der Waals surface area contributed by atoms with Crippen molar-refractivity contribution in [2.75, 3.05) is 13.7 Å². The highest BCUT2D eigenvalue weighted by Gasteiger charge is 2.29. The number of unbranched alkanes of at least 4 members (excludes halogenated alkanes) is 1. The van der Waals surface area contributed by atoms with Gasteiger partial charge >= 0.3 is 5.97 Å². The Hall–Kier alpha value is -3.80. The molecule has 1 aliphatic rings. The second-order valence-electron chi connectivity index (χ2n) is 7.57. The molecule has 1 aromatic heterocycles. The van der Waals surface area contributed by atoms with Crippen LogP contribution in [0.15, 0.2) is 71.2 Å². The lowest BCUT2D eigenvalue weighted by molar-refractivity contribution is -0.136. The topological polar surface area (TPSA) is 73.6 Å². The highest BCUT2D eigenvalue weighted by Crippen LogP contribution is 2.33. The van der Waals surface area contributed by atoms with E-state index < -0.39 is 5.97 Å². The van der Waals surface area contributed by atoms with Crippen molar-refractivity contribution in [3.05, 3.63) is 77.5 Å². The first-order valence-corrected chi connectivity index (χ1v) is 10.7. The van der Waals surface area contributed by atoms with Crippen LogP contribution in [-0.4, -0.2) is 40.9 Å². The molecule has 0 amide bonds. The number of ether oxygens (including phenoxy) is 1. The number of aliphatic imine (C=N–C) groups is 1. The summed E-state index contributed by atoms with van der Waals surface area (Å²) in [6.07, 6.45) is 3.77. The molecule has 2 heterocycles. The van der Waals surface area contributed by atoms with E-state index in [-0.39, 0.29) is 12.3 Å². The average Bonchev–Trinajstić information content (AvgIpc) is 3.11. The number of ketones is 1. The molecule has 0 radical (unpaired) electrons.